The lowest BCUT2D eigenvalue weighted by atomic mass is 10.3. The molecule has 2 aromatic rings. The Morgan fingerprint density at radius 3 is 2.55 bits per heavy atom. The van der Waals surface area contributed by atoms with E-state index in [-0.39, 0.29) is 4.90 Å². The van der Waals surface area contributed by atoms with E-state index in [1.807, 2.05) is 6.92 Å². The zero-order chi connectivity index (χ0) is 16.3. The van der Waals surface area contributed by atoms with E-state index >= 15 is 0 Å². The lowest BCUT2D eigenvalue weighted by Crippen LogP contribution is -2.14. The summed E-state index contributed by atoms with van der Waals surface area (Å²) in [5.41, 5.74) is 0.786. The fraction of sp³-hybridized carbons (Fsp3) is 0.357. The first-order valence-electron chi connectivity index (χ1n) is 6.70. The van der Waals surface area contributed by atoms with Crippen LogP contribution in [0.3, 0.4) is 0 Å². The van der Waals surface area contributed by atoms with Gasteiger partial charge in [0.15, 0.2) is 0 Å². The molecule has 8 heteroatoms. The van der Waals surface area contributed by atoms with Gasteiger partial charge in [0.2, 0.25) is 0 Å². The van der Waals surface area contributed by atoms with E-state index in [9.17, 15) is 8.42 Å². The van der Waals surface area contributed by atoms with Gasteiger partial charge in [-0.1, -0.05) is 0 Å². The molecule has 0 aliphatic carbocycles. The normalized spacial score (nSPS) is 11.3. The number of nitrogens with one attached hydrogen (secondary N) is 1. The third-order valence-corrected chi connectivity index (χ3v) is 4.64. The third-order valence-electron chi connectivity index (χ3n) is 3.17. The zero-order valence-corrected chi connectivity index (χ0v) is 13.8. The summed E-state index contributed by atoms with van der Waals surface area (Å²) < 4.78 is 39.4. The predicted molar refractivity (Wildman–Crippen MR) is 83.0 cm³/mol. The number of benzene rings is 1. The fourth-order valence-electron chi connectivity index (χ4n) is 2.01. The number of hydrogen-bond acceptors (Lipinski definition) is 5. The molecule has 1 heterocycles. The summed E-state index contributed by atoms with van der Waals surface area (Å²) in [6.45, 7) is 4.15. The molecule has 7 nitrogen and oxygen atoms in total. The van der Waals surface area contributed by atoms with Gasteiger partial charge < -0.3 is 9.47 Å². The van der Waals surface area contributed by atoms with E-state index in [1.165, 1.54) is 20.4 Å². The van der Waals surface area contributed by atoms with Gasteiger partial charge in [0.25, 0.3) is 10.0 Å². The molecule has 0 unspecified atom stereocenters. The second-order valence-electron chi connectivity index (χ2n) is 4.61. The topological polar surface area (TPSA) is 82.5 Å². The number of sulfonamides is 1. The van der Waals surface area contributed by atoms with Crippen LogP contribution >= 0.6 is 0 Å². The van der Waals surface area contributed by atoms with Crippen LogP contribution in [0.15, 0.2) is 29.3 Å². The smallest absolute Gasteiger partial charge is 0.265 e. The highest BCUT2D eigenvalue weighted by molar-refractivity contribution is 7.92. The summed E-state index contributed by atoms with van der Waals surface area (Å²) in [5, 5.41) is 4.15. The molecule has 1 aromatic carbocycles. The van der Waals surface area contributed by atoms with Crippen LogP contribution in [0.2, 0.25) is 0 Å². The summed E-state index contributed by atoms with van der Waals surface area (Å²) in [5.74, 6) is 0.957. The molecule has 2 rings (SSSR count). The Hall–Kier alpha value is -2.22. The quantitative estimate of drug-likeness (QED) is 0.878. The predicted octanol–water partition coefficient (Wildman–Crippen LogP) is 2.03. The van der Waals surface area contributed by atoms with Gasteiger partial charge >= 0.3 is 0 Å². The van der Waals surface area contributed by atoms with Crippen molar-refractivity contribution in [2.24, 2.45) is 0 Å². The first-order valence-corrected chi connectivity index (χ1v) is 8.18. The molecule has 0 spiro atoms. The molecule has 0 atom stereocenters. The van der Waals surface area contributed by atoms with Crippen LogP contribution in [-0.2, 0) is 16.6 Å². The van der Waals surface area contributed by atoms with Crippen molar-refractivity contribution in [2.75, 3.05) is 18.9 Å². The molecule has 0 bridgehead atoms. The number of anilines is 1. The third kappa shape index (κ3) is 3.16. The number of ether oxygens (including phenoxy) is 2. The largest absolute Gasteiger partial charge is 0.497 e. The standard InChI is InChI=1S/C14H19N3O4S/c1-5-17-9-14(10(2)15-17)22(18,19)16-12-7-6-11(20-3)8-13(12)21-4/h6-9,16H,5H2,1-4H3. The van der Waals surface area contributed by atoms with Crippen LogP contribution in [0, 0.1) is 6.92 Å². The van der Waals surface area contributed by atoms with Gasteiger partial charge in [-0.3, -0.25) is 9.40 Å². The Kier molecular flexibility index (Phi) is 4.60. The van der Waals surface area contributed by atoms with E-state index < -0.39 is 10.0 Å². The van der Waals surface area contributed by atoms with Gasteiger partial charge in [-0.25, -0.2) is 8.42 Å². The second-order valence-corrected chi connectivity index (χ2v) is 6.26. The molecule has 0 aliphatic heterocycles. The molecule has 0 amide bonds. The highest BCUT2D eigenvalue weighted by Gasteiger charge is 2.22. The number of hydrogen-bond donors (Lipinski definition) is 1. The van der Waals surface area contributed by atoms with Gasteiger partial charge in [0.1, 0.15) is 16.4 Å². The van der Waals surface area contributed by atoms with Crippen LogP contribution < -0.4 is 14.2 Å². The van der Waals surface area contributed by atoms with Gasteiger partial charge in [-0.15, -0.1) is 0 Å². The number of nitrogens with zero attached hydrogens (tertiary/aromatic N) is 2. The molecule has 0 fully saturated rings. The highest BCUT2D eigenvalue weighted by atomic mass is 32.2. The Morgan fingerprint density at radius 1 is 1.27 bits per heavy atom. The van der Waals surface area contributed by atoms with Crippen LogP contribution in [0.25, 0.3) is 0 Å². The maximum absolute atomic E-state index is 12.5. The average molecular weight is 325 g/mol. The Bertz CT molecular complexity index is 768. The van der Waals surface area contributed by atoms with Crippen molar-refractivity contribution in [3.8, 4) is 11.5 Å². The maximum Gasteiger partial charge on any atom is 0.265 e. The average Bonchev–Trinajstić information content (AvgIpc) is 2.89. The van der Waals surface area contributed by atoms with E-state index in [0.29, 0.717) is 29.4 Å². The molecule has 0 radical (unpaired) electrons. The van der Waals surface area contributed by atoms with E-state index in [4.69, 9.17) is 9.47 Å². The number of rotatable bonds is 6. The zero-order valence-electron chi connectivity index (χ0n) is 13.0. The van der Waals surface area contributed by atoms with Crippen molar-refractivity contribution < 1.29 is 17.9 Å². The van der Waals surface area contributed by atoms with Crippen molar-refractivity contribution >= 4 is 15.7 Å². The van der Waals surface area contributed by atoms with E-state index in [2.05, 4.69) is 9.82 Å². The molecule has 0 aliphatic rings. The van der Waals surface area contributed by atoms with Gasteiger partial charge in [-0.2, -0.15) is 5.10 Å². The van der Waals surface area contributed by atoms with Gasteiger partial charge in [-0.05, 0) is 26.0 Å². The van der Waals surface area contributed by atoms with E-state index in [1.54, 1.807) is 29.8 Å². The van der Waals surface area contributed by atoms with Crippen LogP contribution in [0.1, 0.15) is 12.6 Å². The molecule has 0 saturated heterocycles. The van der Waals surface area contributed by atoms with Crippen molar-refractivity contribution in [2.45, 2.75) is 25.3 Å². The van der Waals surface area contributed by atoms with Crippen molar-refractivity contribution in [3.63, 3.8) is 0 Å². The first kappa shape index (κ1) is 16.2. The molecular formula is C14H19N3O4S. The van der Waals surface area contributed by atoms with Gasteiger partial charge in [0.05, 0.1) is 25.6 Å². The molecule has 22 heavy (non-hydrogen) atoms. The first-order chi connectivity index (χ1) is 10.4. The SMILES string of the molecule is CCn1cc(S(=O)(=O)Nc2ccc(OC)cc2OC)c(C)n1. The molecule has 120 valence electrons. The second kappa shape index (κ2) is 6.27. The molecule has 1 aromatic heterocycles. The van der Waals surface area contributed by atoms with Crippen LogP contribution in [0.4, 0.5) is 5.69 Å². The van der Waals surface area contributed by atoms with Crippen molar-refractivity contribution in [1.82, 2.24) is 9.78 Å². The maximum atomic E-state index is 12.5. The summed E-state index contributed by atoms with van der Waals surface area (Å²) >= 11 is 0. The molecule has 1 N–H and O–H groups in total. The van der Waals surface area contributed by atoms with Crippen molar-refractivity contribution in [1.29, 1.82) is 0 Å². The number of aromatic nitrogens is 2. The van der Waals surface area contributed by atoms with Crippen molar-refractivity contribution in [3.05, 3.63) is 30.1 Å². The fourth-order valence-corrected chi connectivity index (χ4v) is 3.27. The van der Waals surface area contributed by atoms with Crippen LogP contribution in [-0.4, -0.2) is 32.4 Å². The highest BCUT2D eigenvalue weighted by Crippen LogP contribution is 2.31. The summed E-state index contributed by atoms with van der Waals surface area (Å²) in [6.07, 6.45) is 1.51. The minimum atomic E-state index is -3.74. The number of aryl methyl sites for hydroxylation is 2. The minimum absolute atomic E-state index is 0.146. The molecule has 0 saturated carbocycles. The Labute approximate surface area is 129 Å². The summed E-state index contributed by atoms with van der Waals surface area (Å²) in [7, 11) is -0.745. The lowest BCUT2D eigenvalue weighted by Gasteiger charge is -2.12. The minimum Gasteiger partial charge on any atom is -0.497 e. The summed E-state index contributed by atoms with van der Waals surface area (Å²) in [6, 6.07) is 4.86. The number of methoxy groups -OCH3 is 2. The van der Waals surface area contributed by atoms with Crippen LogP contribution in [0.5, 0.6) is 11.5 Å². The monoisotopic (exact) mass is 325 g/mol. The van der Waals surface area contributed by atoms with E-state index in [0.717, 1.165) is 0 Å². The molecular weight excluding hydrogens is 306 g/mol. The van der Waals surface area contributed by atoms with Gasteiger partial charge in [0, 0.05) is 18.8 Å². The summed E-state index contributed by atoms with van der Waals surface area (Å²) in [4.78, 5) is 0.146. The Balaban J connectivity index is 2.38. The Morgan fingerprint density at radius 2 is 2.00 bits per heavy atom. The lowest BCUT2D eigenvalue weighted by molar-refractivity contribution is 0.395.